The zero-order valence-corrected chi connectivity index (χ0v) is 56.1. The molecule has 0 radical (unpaired) electrons. The lowest BCUT2D eigenvalue weighted by atomic mass is 9.87. The van der Waals surface area contributed by atoms with Crippen LogP contribution in [0, 0.1) is 0 Å². The van der Waals surface area contributed by atoms with Crippen molar-refractivity contribution in [3.8, 4) is 118 Å². The molecular formula is C96H60N6O2. The summed E-state index contributed by atoms with van der Waals surface area (Å²) in [4.78, 5) is 30.9. The topological polar surface area (TPSA) is 83.7 Å². The highest BCUT2D eigenvalue weighted by molar-refractivity contribution is 6.14. The van der Waals surface area contributed by atoms with E-state index >= 15 is 4.79 Å². The molecule has 8 heteroatoms. The standard InChI is InChI=1S/C96H60N6O2/c103-96-84(95-98-93(67-28-12-4-13-29-67)97-94(99-95)68-30-14-5-15-31-68)60-83-91(66-42-51-74(52-43-66)102-87-37-21-18-34-77(87)82-58-71(46-55-90(82)102)63-26-10-3-11-27-63)78(64-38-47-72(48-39-64)100-85-35-19-16-32-75(85)80-56-69(44-53-88(80)100)61-22-6-1-7-23-61)59-79(92(83)104-96)65-40-49-73(50-41-65)101-86-36-20-17-33-76(86)81-57-70(45-54-89(81)101)62-24-8-2-9-25-62/h1-60H. The van der Waals surface area contributed by atoms with Gasteiger partial charge in [-0.1, -0.05) is 261 Å². The summed E-state index contributed by atoms with van der Waals surface area (Å²) in [7, 11) is 0. The van der Waals surface area contributed by atoms with E-state index in [0.717, 1.165) is 106 Å². The minimum absolute atomic E-state index is 0.196. The maximum Gasteiger partial charge on any atom is 0.347 e. The zero-order chi connectivity index (χ0) is 68.8. The molecule has 0 atom stereocenters. The first kappa shape index (κ1) is 59.9. The zero-order valence-electron chi connectivity index (χ0n) is 56.1. The smallest absolute Gasteiger partial charge is 0.347 e. The minimum Gasteiger partial charge on any atom is -0.421 e. The van der Waals surface area contributed by atoms with Crippen LogP contribution in [0.3, 0.4) is 0 Å². The molecule has 0 aliphatic heterocycles. The highest BCUT2D eigenvalue weighted by Crippen LogP contribution is 2.47. The number of benzene rings is 15. The average molecular weight is 1330 g/mol. The summed E-state index contributed by atoms with van der Waals surface area (Å²) in [6.07, 6.45) is 0. The van der Waals surface area contributed by atoms with Crippen LogP contribution in [0.4, 0.5) is 0 Å². The molecule has 0 spiro atoms. The van der Waals surface area contributed by atoms with Crippen LogP contribution in [0.2, 0.25) is 0 Å². The SMILES string of the molecule is O=c1oc2c(-c3ccc(-n4c5ccccc5c5cc(-c6ccccc6)ccc54)cc3)cc(-c3ccc(-n4c5ccccc5c5cc(-c6ccccc6)ccc54)cc3)c(-c3ccc(-n4c5ccccc5c5cc(-c6ccccc6)ccc54)cc3)c2cc1-c1nc(-c2ccccc2)nc(-c2ccccc2)n1. The quantitative estimate of drug-likeness (QED) is 0.114. The molecule has 15 aromatic carbocycles. The van der Waals surface area contributed by atoms with Gasteiger partial charge in [0, 0.05) is 77.0 Å². The Kier molecular flexibility index (Phi) is 14.2. The molecule has 486 valence electrons. The predicted octanol–water partition coefficient (Wildman–Crippen LogP) is 24.3. The second-order valence-electron chi connectivity index (χ2n) is 26.6. The van der Waals surface area contributed by atoms with Crippen LogP contribution in [-0.2, 0) is 0 Å². The highest BCUT2D eigenvalue weighted by Gasteiger charge is 2.26. The second kappa shape index (κ2) is 24.7. The van der Waals surface area contributed by atoms with E-state index in [2.05, 4.69) is 311 Å². The summed E-state index contributed by atoms with van der Waals surface area (Å²) in [6, 6.07) is 128. The molecule has 5 aromatic heterocycles. The van der Waals surface area contributed by atoms with Crippen molar-refractivity contribution in [2.75, 3.05) is 0 Å². The number of nitrogens with zero attached hydrogens (tertiary/aromatic N) is 6. The fourth-order valence-electron chi connectivity index (χ4n) is 15.7. The first-order valence-electron chi connectivity index (χ1n) is 35.1. The van der Waals surface area contributed by atoms with Crippen LogP contribution in [0.15, 0.2) is 373 Å². The van der Waals surface area contributed by atoms with E-state index in [0.29, 0.717) is 22.6 Å². The van der Waals surface area contributed by atoms with Gasteiger partial charge in [-0.3, -0.25) is 0 Å². The van der Waals surface area contributed by atoms with Crippen molar-refractivity contribution in [2.24, 2.45) is 0 Å². The van der Waals surface area contributed by atoms with Crippen LogP contribution in [0.25, 0.3) is 194 Å². The molecule has 0 unspecified atom stereocenters. The van der Waals surface area contributed by atoms with Gasteiger partial charge in [-0.25, -0.2) is 19.7 Å². The maximum absolute atomic E-state index is 15.5. The number of aromatic nitrogens is 6. The van der Waals surface area contributed by atoms with Crippen molar-refractivity contribution < 1.29 is 4.42 Å². The Hall–Kier alpha value is -14.1. The van der Waals surface area contributed by atoms with Crippen molar-refractivity contribution in [1.82, 2.24) is 28.7 Å². The Labute approximate surface area is 598 Å². The Morgan fingerprint density at radius 1 is 0.212 bits per heavy atom. The van der Waals surface area contributed by atoms with Gasteiger partial charge in [0.05, 0.1) is 33.1 Å². The third-order valence-electron chi connectivity index (χ3n) is 20.6. The van der Waals surface area contributed by atoms with Gasteiger partial charge in [-0.2, -0.15) is 0 Å². The number of fused-ring (bicyclic) bond motifs is 10. The fourth-order valence-corrected chi connectivity index (χ4v) is 15.7. The molecule has 8 nitrogen and oxygen atoms in total. The third-order valence-corrected chi connectivity index (χ3v) is 20.6. The molecule has 0 saturated carbocycles. The monoisotopic (exact) mass is 1330 g/mol. The normalized spacial score (nSPS) is 11.7. The fraction of sp³-hybridized carbons (Fsp3) is 0. The molecule has 20 aromatic rings. The summed E-state index contributed by atoms with van der Waals surface area (Å²) in [5.74, 6) is 1.06. The van der Waals surface area contributed by atoms with Gasteiger partial charge in [0.15, 0.2) is 17.5 Å². The molecule has 20 rings (SSSR count). The Bertz CT molecular complexity index is 6750. The number of hydrogen-bond donors (Lipinski definition) is 0. The molecule has 0 aliphatic carbocycles. The van der Waals surface area contributed by atoms with E-state index in [1.54, 1.807) is 0 Å². The number of hydrogen-bond acceptors (Lipinski definition) is 5. The summed E-state index contributed by atoms with van der Waals surface area (Å²) in [5.41, 5.74) is 23.5. The predicted molar refractivity (Wildman–Crippen MR) is 428 cm³/mol. The Balaban J connectivity index is 0.816. The lowest BCUT2D eigenvalue weighted by Crippen LogP contribution is -2.09. The molecular weight excluding hydrogens is 1270 g/mol. The lowest BCUT2D eigenvalue weighted by Gasteiger charge is -2.19. The van der Waals surface area contributed by atoms with Gasteiger partial charge >= 0.3 is 5.63 Å². The molecule has 0 saturated heterocycles. The Morgan fingerprint density at radius 3 is 0.904 bits per heavy atom. The first-order valence-corrected chi connectivity index (χ1v) is 35.1. The summed E-state index contributed by atoms with van der Waals surface area (Å²) in [6.45, 7) is 0. The van der Waals surface area contributed by atoms with Crippen LogP contribution in [-0.4, -0.2) is 28.7 Å². The van der Waals surface area contributed by atoms with Gasteiger partial charge in [0.1, 0.15) is 11.1 Å². The Morgan fingerprint density at radius 2 is 0.519 bits per heavy atom. The van der Waals surface area contributed by atoms with Crippen molar-refractivity contribution in [2.45, 2.75) is 0 Å². The van der Waals surface area contributed by atoms with Crippen molar-refractivity contribution in [3.63, 3.8) is 0 Å². The van der Waals surface area contributed by atoms with Crippen LogP contribution in [0.5, 0.6) is 0 Å². The number of rotatable bonds is 12. The van der Waals surface area contributed by atoms with Gasteiger partial charge in [0.2, 0.25) is 0 Å². The average Bonchev–Trinajstić information content (AvgIpc) is 1.66. The summed E-state index contributed by atoms with van der Waals surface area (Å²) in [5, 5.41) is 7.73. The summed E-state index contributed by atoms with van der Waals surface area (Å²) < 4.78 is 14.1. The number of para-hydroxylation sites is 3. The third kappa shape index (κ3) is 10.1. The van der Waals surface area contributed by atoms with E-state index in [4.69, 9.17) is 19.4 Å². The minimum atomic E-state index is -0.581. The van der Waals surface area contributed by atoms with Crippen LogP contribution in [0.1, 0.15) is 0 Å². The summed E-state index contributed by atoms with van der Waals surface area (Å²) >= 11 is 0. The lowest BCUT2D eigenvalue weighted by molar-refractivity contribution is 0.564. The molecule has 5 heterocycles. The van der Waals surface area contributed by atoms with Gasteiger partial charge in [-0.15, -0.1) is 0 Å². The van der Waals surface area contributed by atoms with Gasteiger partial charge < -0.3 is 18.1 Å². The molecule has 0 amide bonds. The largest absolute Gasteiger partial charge is 0.421 e. The first-order chi connectivity index (χ1) is 51.5. The molecule has 0 N–H and O–H groups in total. The van der Waals surface area contributed by atoms with Crippen LogP contribution < -0.4 is 5.63 Å². The van der Waals surface area contributed by atoms with Gasteiger partial charge in [-0.05, 0) is 159 Å². The van der Waals surface area contributed by atoms with Crippen LogP contribution >= 0.6 is 0 Å². The van der Waals surface area contributed by atoms with E-state index in [9.17, 15) is 0 Å². The van der Waals surface area contributed by atoms with E-state index < -0.39 is 5.63 Å². The van der Waals surface area contributed by atoms with E-state index in [1.807, 2.05) is 66.7 Å². The van der Waals surface area contributed by atoms with Gasteiger partial charge in [0.25, 0.3) is 0 Å². The molecule has 0 aliphatic rings. The molecule has 104 heavy (non-hydrogen) atoms. The molecule has 0 bridgehead atoms. The van der Waals surface area contributed by atoms with E-state index in [1.165, 1.54) is 54.6 Å². The van der Waals surface area contributed by atoms with E-state index in [-0.39, 0.29) is 11.4 Å². The van der Waals surface area contributed by atoms with Crippen molar-refractivity contribution >= 4 is 76.4 Å². The van der Waals surface area contributed by atoms with Crippen molar-refractivity contribution in [1.29, 1.82) is 0 Å². The van der Waals surface area contributed by atoms with Crippen molar-refractivity contribution in [3.05, 3.63) is 374 Å². The molecule has 0 fully saturated rings. The maximum atomic E-state index is 15.5. The highest BCUT2D eigenvalue weighted by atomic mass is 16.4. The second-order valence-corrected chi connectivity index (χ2v) is 26.6.